The normalized spacial score (nSPS) is 22.1. The summed E-state index contributed by atoms with van der Waals surface area (Å²) in [6, 6.07) is 8.14. The first-order valence-corrected chi connectivity index (χ1v) is 12.4. The molecule has 184 valence electrons. The molecule has 0 radical (unpaired) electrons. The molecule has 4 heterocycles. The summed E-state index contributed by atoms with van der Waals surface area (Å²) in [5.41, 5.74) is -0.774. The van der Waals surface area contributed by atoms with Crippen molar-refractivity contribution in [3.05, 3.63) is 46.2 Å². The second-order valence-electron chi connectivity index (χ2n) is 8.81. The maximum Gasteiger partial charge on any atom is 0.325 e. The Balaban J connectivity index is 1.23. The van der Waals surface area contributed by atoms with Crippen molar-refractivity contribution in [3.63, 3.8) is 0 Å². The SMILES string of the molecule is C[C@@]1(c2ccc3c(c2)OCCCO3)NC(=O)N(CC(=O)N2CCN(C(=O)c3cccs3)CC2)C1=O. The lowest BCUT2D eigenvalue weighted by Crippen LogP contribution is -2.53. The predicted molar refractivity (Wildman–Crippen MR) is 126 cm³/mol. The zero-order chi connectivity index (χ0) is 24.6. The molecule has 1 N–H and O–H groups in total. The van der Waals surface area contributed by atoms with E-state index in [0.717, 1.165) is 11.3 Å². The van der Waals surface area contributed by atoms with Gasteiger partial charge in [0.05, 0.1) is 18.1 Å². The fraction of sp³-hybridized carbons (Fsp3) is 0.417. The minimum Gasteiger partial charge on any atom is -0.490 e. The largest absolute Gasteiger partial charge is 0.490 e. The van der Waals surface area contributed by atoms with Gasteiger partial charge in [0.15, 0.2) is 11.5 Å². The number of carbonyl (C=O) groups is 4. The first kappa shape index (κ1) is 23.2. The molecule has 5 rings (SSSR count). The summed E-state index contributed by atoms with van der Waals surface area (Å²) in [5.74, 6) is 0.228. The van der Waals surface area contributed by atoms with Gasteiger partial charge in [-0.2, -0.15) is 0 Å². The smallest absolute Gasteiger partial charge is 0.325 e. The average molecular weight is 499 g/mol. The van der Waals surface area contributed by atoms with Crippen LogP contribution in [0.4, 0.5) is 4.79 Å². The lowest BCUT2D eigenvalue weighted by molar-refractivity contribution is -0.139. The quantitative estimate of drug-likeness (QED) is 0.643. The van der Waals surface area contributed by atoms with Crippen LogP contribution in [0.25, 0.3) is 0 Å². The summed E-state index contributed by atoms with van der Waals surface area (Å²) in [6.07, 6.45) is 0.753. The van der Waals surface area contributed by atoms with Crippen molar-refractivity contribution < 1.29 is 28.7 Å². The number of fused-ring (bicyclic) bond motifs is 1. The summed E-state index contributed by atoms with van der Waals surface area (Å²) in [7, 11) is 0. The molecule has 3 aliphatic rings. The van der Waals surface area contributed by atoms with E-state index in [-0.39, 0.29) is 18.4 Å². The van der Waals surface area contributed by atoms with E-state index in [1.54, 1.807) is 41.0 Å². The van der Waals surface area contributed by atoms with E-state index >= 15 is 0 Å². The van der Waals surface area contributed by atoms with Crippen LogP contribution in [0.3, 0.4) is 0 Å². The van der Waals surface area contributed by atoms with Gasteiger partial charge in [-0.25, -0.2) is 4.79 Å². The monoisotopic (exact) mass is 498 g/mol. The Bertz CT molecular complexity index is 1160. The molecule has 1 aromatic carbocycles. The fourth-order valence-electron chi connectivity index (χ4n) is 4.46. The van der Waals surface area contributed by atoms with Crippen molar-refractivity contribution in [1.82, 2.24) is 20.0 Å². The predicted octanol–water partition coefficient (Wildman–Crippen LogP) is 1.66. The van der Waals surface area contributed by atoms with Crippen LogP contribution in [0.2, 0.25) is 0 Å². The Morgan fingerprint density at radius 1 is 1.03 bits per heavy atom. The Kier molecular flexibility index (Phi) is 6.10. The molecule has 0 bridgehead atoms. The number of piperazine rings is 1. The molecule has 2 saturated heterocycles. The first-order valence-electron chi connectivity index (χ1n) is 11.5. The second-order valence-corrected chi connectivity index (χ2v) is 9.76. The van der Waals surface area contributed by atoms with Gasteiger partial charge in [0.1, 0.15) is 12.1 Å². The molecule has 0 spiro atoms. The van der Waals surface area contributed by atoms with Crippen molar-refractivity contribution in [2.24, 2.45) is 0 Å². The molecule has 5 amide bonds. The van der Waals surface area contributed by atoms with Gasteiger partial charge in [-0.05, 0) is 36.1 Å². The molecule has 35 heavy (non-hydrogen) atoms. The maximum atomic E-state index is 13.3. The van der Waals surface area contributed by atoms with E-state index in [0.29, 0.717) is 61.3 Å². The lowest BCUT2D eigenvalue weighted by atomic mass is 9.91. The van der Waals surface area contributed by atoms with Gasteiger partial charge in [-0.1, -0.05) is 12.1 Å². The fourth-order valence-corrected chi connectivity index (χ4v) is 5.15. The molecular weight excluding hydrogens is 472 g/mol. The van der Waals surface area contributed by atoms with Crippen LogP contribution in [0.5, 0.6) is 11.5 Å². The number of hydrogen-bond donors (Lipinski definition) is 1. The number of nitrogens with one attached hydrogen (secondary N) is 1. The molecule has 0 aliphatic carbocycles. The van der Waals surface area contributed by atoms with Gasteiger partial charge in [-0.3, -0.25) is 19.3 Å². The highest BCUT2D eigenvalue weighted by atomic mass is 32.1. The molecule has 2 aromatic rings. The van der Waals surface area contributed by atoms with E-state index in [1.807, 2.05) is 11.4 Å². The molecule has 3 aliphatic heterocycles. The van der Waals surface area contributed by atoms with E-state index in [2.05, 4.69) is 5.32 Å². The van der Waals surface area contributed by atoms with Crippen LogP contribution in [-0.4, -0.2) is 84.4 Å². The molecular formula is C24H26N4O6S. The summed E-state index contributed by atoms with van der Waals surface area (Å²) in [5, 5.41) is 4.59. The molecule has 11 heteroatoms. The number of imide groups is 1. The zero-order valence-electron chi connectivity index (χ0n) is 19.3. The van der Waals surface area contributed by atoms with Crippen LogP contribution in [-0.2, 0) is 15.1 Å². The Morgan fingerprint density at radius 3 is 2.46 bits per heavy atom. The van der Waals surface area contributed by atoms with Crippen LogP contribution in [0, 0.1) is 0 Å². The minimum absolute atomic E-state index is 0.0490. The number of nitrogens with zero attached hydrogens (tertiary/aromatic N) is 3. The van der Waals surface area contributed by atoms with E-state index in [4.69, 9.17) is 9.47 Å². The number of rotatable bonds is 4. The third-order valence-corrected chi connectivity index (χ3v) is 7.40. The second kappa shape index (κ2) is 9.21. The number of thiophene rings is 1. The lowest BCUT2D eigenvalue weighted by Gasteiger charge is -2.35. The summed E-state index contributed by atoms with van der Waals surface area (Å²) < 4.78 is 11.4. The highest BCUT2D eigenvalue weighted by Crippen LogP contribution is 2.36. The van der Waals surface area contributed by atoms with Crippen LogP contribution in [0.15, 0.2) is 35.7 Å². The molecule has 0 unspecified atom stereocenters. The highest BCUT2D eigenvalue weighted by molar-refractivity contribution is 7.12. The van der Waals surface area contributed by atoms with Crippen molar-refractivity contribution in [2.75, 3.05) is 45.9 Å². The van der Waals surface area contributed by atoms with Crippen LogP contribution in [0.1, 0.15) is 28.6 Å². The van der Waals surface area contributed by atoms with Crippen molar-refractivity contribution in [2.45, 2.75) is 18.9 Å². The third-order valence-electron chi connectivity index (χ3n) is 6.54. The van der Waals surface area contributed by atoms with Gasteiger partial charge in [0, 0.05) is 32.6 Å². The molecule has 1 atom stereocenters. The standard InChI is InChI=1S/C24H26N4O6S/c1-24(16-5-6-17-18(14-16)34-12-3-11-33-17)22(31)28(23(32)25-24)15-20(29)26-7-9-27(10-8-26)21(30)19-4-2-13-35-19/h2,4-6,13-14H,3,7-12,15H2,1H3,(H,25,32)/t24-/m0/s1. The number of hydrogen-bond acceptors (Lipinski definition) is 7. The van der Waals surface area contributed by atoms with Crippen molar-refractivity contribution in [3.8, 4) is 11.5 Å². The molecule has 2 fully saturated rings. The summed E-state index contributed by atoms with van der Waals surface area (Å²) in [6.45, 7) is 3.80. The first-order chi connectivity index (χ1) is 16.9. The van der Waals surface area contributed by atoms with Gasteiger partial charge in [0.2, 0.25) is 5.91 Å². The third kappa shape index (κ3) is 4.31. The van der Waals surface area contributed by atoms with E-state index < -0.39 is 17.5 Å². The van der Waals surface area contributed by atoms with Gasteiger partial charge >= 0.3 is 6.03 Å². The number of ether oxygens (including phenoxy) is 2. The average Bonchev–Trinajstić information content (AvgIpc) is 3.39. The van der Waals surface area contributed by atoms with Crippen LogP contribution >= 0.6 is 11.3 Å². The Labute approximate surface area is 206 Å². The van der Waals surface area contributed by atoms with Crippen molar-refractivity contribution >= 4 is 35.1 Å². The minimum atomic E-state index is -1.33. The topological polar surface area (TPSA) is 108 Å². The van der Waals surface area contributed by atoms with Crippen LogP contribution < -0.4 is 14.8 Å². The van der Waals surface area contributed by atoms with E-state index in [9.17, 15) is 19.2 Å². The van der Waals surface area contributed by atoms with Gasteiger partial charge in [0.25, 0.3) is 11.8 Å². The number of benzene rings is 1. The maximum absolute atomic E-state index is 13.3. The van der Waals surface area contributed by atoms with Gasteiger partial charge < -0.3 is 24.6 Å². The number of amides is 5. The molecule has 10 nitrogen and oxygen atoms in total. The molecule has 0 saturated carbocycles. The number of carbonyl (C=O) groups excluding carboxylic acids is 4. The molecule has 1 aromatic heterocycles. The number of urea groups is 1. The summed E-state index contributed by atoms with van der Waals surface area (Å²) in [4.78, 5) is 56.4. The highest BCUT2D eigenvalue weighted by Gasteiger charge is 2.50. The van der Waals surface area contributed by atoms with Crippen molar-refractivity contribution in [1.29, 1.82) is 0 Å². The Hall–Kier alpha value is -3.60. The van der Waals surface area contributed by atoms with Gasteiger partial charge in [-0.15, -0.1) is 11.3 Å². The summed E-state index contributed by atoms with van der Waals surface area (Å²) >= 11 is 1.38. The zero-order valence-corrected chi connectivity index (χ0v) is 20.1. The Morgan fingerprint density at radius 2 is 1.74 bits per heavy atom. The van der Waals surface area contributed by atoms with E-state index in [1.165, 1.54) is 11.3 Å².